The van der Waals surface area contributed by atoms with Crippen LogP contribution >= 0.6 is 0 Å². The van der Waals surface area contributed by atoms with Crippen LogP contribution in [0.25, 0.3) is 0 Å². The van der Waals surface area contributed by atoms with Crippen molar-refractivity contribution in [1.82, 2.24) is 4.90 Å². The second kappa shape index (κ2) is 11.1. The Balaban J connectivity index is 1.84. The lowest BCUT2D eigenvalue weighted by atomic mass is 9.82. The van der Waals surface area contributed by atoms with Crippen LogP contribution < -0.4 is 0 Å². The number of esters is 1. The van der Waals surface area contributed by atoms with Gasteiger partial charge in [-0.1, -0.05) is 74.9 Å². The van der Waals surface area contributed by atoms with E-state index in [1.165, 1.54) is 5.56 Å². The molecule has 1 aliphatic carbocycles. The Morgan fingerprint density at radius 3 is 2.31 bits per heavy atom. The van der Waals surface area contributed by atoms with Crippen LogP contribution in [0.1, 0.15) is 62.1 Å². The molecule has 0 aliphatic heterocycles. The number of benzene rings is 2. The van der Waals surface area contributed by atoms with Crippen LogP contribution in [0, 0.1) is 11.8 Å². The van der Waals surface area contributed by atoms with Crippen molar-refractivity contribution in [2.45, 2.75) is 64.1 Å². The van der Waals surface area contributed by atoms with Gasteiger partial charge in [-0.15, -0.1) is 0 Å². The van der Waals surface area contributed by atoms with Crippen molar-refractivity contribution < 1.29 is 14.6 Å². The summed E-state index contributed by atoms with van der Waals surface area (Å²) in [6, 6.07) is 18.4. The van der Waals surface area contributed by atoms with Crippen molar-refractivity contribution in [2.75, 3.05) is 20.6 Å². The van der Waals surface area contributed by atoms with Gasteiger partial charge < -0.3 is 14.7 Å². The molecule has 4 nitrogen and oxygen atoms in total. The minimum absolute atomic E-state index is 0.0685. The van der Waals surface area contributed by atoms with Crippen LogP contribution in [0.2, 0.25) is 0 Å². The predicted octanol–water partition coefficient (Wildman–Crippen LogP) is 5.20. The first-order chi connectivity index (χ1) is 15.3. The lowest BCUT2D eigenvalue weighted by molar-refractivity contribution is -0.245. The second-order valence-electron chi connectivity index (χ2n) is 10.1. The molecule has 3 unspecified atom stereocenters. The Morgan fingerprint density at radius 1 is 1.03 bits per heavy atom. The standard InChI is InChI=1S/C28H39NO3/c1-21(2)18-23-13-15-24(16-14-23)26(19-22-10-6-5-7-11-22)27(30)32-28(31)17-9-8-12-25(28)20-29(3)4/h5-7,10-11,13-16,21,25-26,31H,8-9,12,17-20H2,1-4H3. The number of hydrogen-bond acceptors (Lipinski definition) is 4. The largest absolute Gasteiger partial charge is 0.432 e. The van der Waals surface area contributed by atoms with E-state index in [2.05, 4.69) is 43.0 Å². The van der Waals surface area contributed by atoms with E-state index in [1.54, 1.807) is 0 Å². The SMILES string of the molecule is CC(C)Cc1ccc(C(Cc2ccccc2)C(=O)OC2(O)CCCCC2CN(C)C)cc1. The molecule has 4 heteroatoms. The summed E-state index contributed by atoms with van der Waals surface area (Å²) >= 11 is 0. The molecular formula is C28H39NO3. The predicted molar refractivity (Wildman–Crippen MR) is 129 cm³/mol. The van der Waals surface area contributed by atoms with E-state index in [0.717, 1.165) is 36.8 Å². The summed E-state index contributed by atoms with van der Waals surface area (Å²) in [4.78, 5) is 15.6. The number of hydrogen-bond donors (Lipinski definition) is 1. The molecule has 1 saturated carbocycles. The zero-order chi connectivity index (χ0) is 23.1. The third-order valence-corrected chi connectivity index (χ3v) is 6.43. The molecule has 3 atom stereocenters. The summed E-state index contributed by atoms with van der Waals surface area (Å²) in [7, 11) is 3.99. The Kier molecular flexibility index (Phi) is 8.50. The molecular weight excluding hydrogens is 398 g/mol. The van der Waals surface area contributed by atoms with Crippen molar-refractivity contribution in [3.63, 3.8) is 0 Å². The van der Waals surface area contributed by atoms with Gasteiger partial charge in [0.15, 0.2) is 0 Å². The Bertz CT molecular complexity index is 847. The normalized spacial score (nSPS) is 22.2. The monoisotopic (exact) mass is 437 g/mol. The molecule has 3 rings (SSSR count). The van der Waals surface area contributed by atoms with Gasteiger partial charge in [-0.25, -0.2) is 0 Å². The van der Waals surface area contributed by atoms with E-state index in [9.17, 15) is 9.90 Å². The van der Waals surface area contributed by atoms with E-state index >= 15 is 0 Å². The average molecular weight is 438 g/mol. The van der Waals surface area contributed by atoms with Crippen LogP contribution in [-0.2, 0) is 22.4 Å². The maximum absolute atomic E-state index is 13.5. The summed E-state index contributed by atoms with van der Waals surface area (Å²) in [6.07, 6.45) is 4.87. The number of carbonyl (C=O) groups excluding carboxylic acids is 1. The summed E-state index contributed by atoms with van der Waals surface area (Å²) in [5, 5.41) is 11.4. The average Bonchev–Trinajstić information content (AvgIpc) is 2.74. The van der Waals surface area contributed by atoms with Crippen LogP contribution in [0.4, 0.5) is 0 Å². The highest BCUT2D eigenvalue weighted by Gasteiger charge is 2.44. The minimum Gasteiger partial charge on any atom is -0.432 e. The number of rotatable bonds is 9. The van der Waals surface area contributed by atoms with E-state index in [0.29, 0.717) is 25.3 Å². The number of nitrogens with zero attached hydrogens (tertiary/aromatic N) is 1. The Morgan fingerprint density at radius 2 is 1.69 bits per heavy atom. The summed E-state index contributed by atoms with van der Waals surface area (Å²) in [5.41, 5.74) is 3.30. The first-order valence-electron chi connectivity index (χ1n) is 12.0. The topological polar surface area (TPSA) is 49.8 Å². The fraction of sp³-hybridized carbons (Fsp3) is 0.536. The molecule has 2 aromatic carbocycles. The summed E-state index contributed by atoms with van der Waals surface area (Å²) in [5.74, 6) is -1.66. The van der Waals surface area contributed by atoms with Crippen molar-refractivity contribution in [3.8, 4) is 0 Å². The van der Waals surface area contributed by atoms with Gasteiger partial charge in [0.2, 0.25) is 5.79 Å². The Labute approximate surface area is 193 Å². The van der Waals surface area contributed by atoms with Gasteiger partial charge in [0.25, 0.3) is 0 Å². The maximum Gasteiger partial charge on any atom is 0.316 e. The van der Waals surface area contributed by atoms with Crippen molar-refractivity contribution in [1.29, 1.82) is 0 Å². The molecule has 0 heterocycles. The van der Waals surface area contributed by atoms with Crippen LogP contribution in [0.3, 0.4) is 0 Å². The van der Waals surface area contributed by atoms with Gasteiger partial charge in [-0.3, -0.25) is 4.79 Å². The third kappa shape index (κ3) is 6.66. The molecule has 1 fully saturated rings. The number of ether oxygens (including phenoxy) is 1. The molecule has 1 aliphatic rings. The van der Waals surface area contributed by atoms with Gasteiger partial charge in [0.1, 0.15) is 0 Å². The van der Waals surface area contributed by atoms with E-state index in [4.69, 9.17) is 4.74 Å². The van der Waals surface area contributed by atoms with Gasteiger partial charge in [0, 0.05) is 18.9 Å². The Hall–Kier alpha value is -2.17. The smallest absolute Gasteiger partial charge is 0.316 e. The number of carbonyl (C=O) groups is 1. The molecule has 2 aromatic rings. The second-order valence-corrected chi connectivity index (χ2v) is 10.1. The zero-order valence-electron chi connectivity index (χ0n) is 20.1. The zero-order valence-corrected chi connectivity index (χ0v) is 20.1. The fourth-order valence-corrected chi connectivity index (χ4v) is 4.80. The summed E-state index contributed by atoms with van der Waals surface area (Å²) in [6.45, 7) is 5.12. The number of aliphatic hydroxyl groups is 1. The molecule has 0 spiro atoms. The van der Waals surface area contributed by atoms with Crippen LogP contribution in [0.15, 0.2) is 54.6 Å². The van der Waals surface area contributed by atoms with Gasteiger partial charge in [-0.05, 0) is 62.4 Å². The van der Waals surface area contributed by atoms with Crippen LogP contribution in [-0.4, -0.2) is 42.4 Å². The fourth-order valence-electron chi connectivity index (χ4n) is 4.80. The molecule has 0 aromatic heterocycles. The molecule has 0 radical (unpaired) electrons. The lowest BCUT2D eigenvalue weighted by Gasteiger charge is -2.40. The highest BCUT2D eigenvalue weighted by Crippen LogP contribution is 2.37. The van der Waals surface area contributed by atoms with Gasteiger partial charge in [-0.2, -0.15) is 0 Å². The maximum atomic E-state index is 13.5. The van der Waals surface area contributed by atoms with Crippen LogP contribution in [0.5, 0.6) is 0 Å². The first kappa shape index (κ1) is 24.5. The molecule has 0 amide bonds. The van der Waals surface area contributed by atoms with Gasteiger partial charge in [0.05, 0.1) is 5.92 Å². The van der Waals surface area contributed by atoms with E-state index < -0.39 is 11.7 Å². The quantitative estimate of drug-likeness (QED) is 0.433. The summed E-state index contributed by atoms with van der Waals surface area (Å²) < 4.78 is 5.97. The molecule has 174 valence electrons. The first-order valence-corrected chi connectivity index (χ1v) is 12.0. The van der Waals surface area contributed by atoms with Crippen molar-refractivity contribution in [2.24, 2.45) is 11.8 Å². The third-order valence-electron chi connectivity index (χ3n) is 6.43. The molecule has 1 N–H and O–H groups in total. The van der Waals surface area contributed by atoms with Crippen molar-refractivity contribution >= 4 is 5.97 Å². The highest BCUT2D eigenvalue weighted by molar-refractivity contribution is 5.79. The molecule has 0 bridgehead atoms. The lowest BCUT2D eigenvalue weighted by Crippen LogP contribution is -2.49. The van der Waals surface area contributed by atoms with E-state index in [-0.39, 0.29) is 11.9 Å². The van der Waals surface area contributed by atoms with E-state index in [1.807, 2.05) is 44.4 Å². The van der Waals surface area contributed by atoms with Gasteiger partial charge >= 0.3 is 5.97 Å². The minimum atomic E-state index is -1.40. The highest BCUT2D eigenvalue weighted by atomic mass is 16.7. The molecule has 32 heavy (non-hydrogen) atoms. The molecule has 0 saturated heterocycles. The van der Waals surface area contributed by atoms with Crippen molar-refractivity contribution in [3.05, 3.63) is 71.3 Å².